The van der Waals surface area contributed by atoms with E-state index in [0.717, 1.165) is 0 Å². The zero-order valence-electron chi connectivity index (χ0n) is 8.07. The summed E-state index contributed by atoms with van der Waals surface area (Å²) in [4.78, 5) is 21.8. The minimum absolute atomic E-state index is 0. The Morgan fingerprint density at radius 2 is 1.69 bits per heavy atom. The van der Waals surface area contributed by atoms with Gasteiger partial charge in [-0.2, -0.15) is 0 Å². The number of carbonyl (C=O) groups excluding carboxylic acids is 2. The van der Waals surface area contributed by atoms with Crippen LogP contribution in [0.4, 0.5) is 0 Å². The largest absolute Gasteiger partial charge is 1.00 e. The van der Waals surface area contributed by atoms with Crippen LogP contribution in [-0.2, 0) is 19.1 Å². The molecule has 5 heteroatoms. The van der Waals surface area contributed by atoms with Crippen LogP contribution in [0.25, 0.3) is 0 Å². The summed E-state index contributed by atoms with van der Waals surface area (Å²) in [5.74, 6) is -2.30. The van der Waals surface area contributed by atoms with Gasteiger partial charge >= 0.3 is 41.5 Å². The molecule has 0 saturated heterocycles. The number of carbonyl (C=O) groups is 2. The molecule has 4 nitrogen and oxygen atoms in total. The molecule has 0 spiro atoms. The van der Waals surface area contributed by atoms with Crippen LogP contribution in [0.1, 0.15) is 0 Å². The minimum Gasteiger partial charge on any atom is -0.469 e. The van der Waals surface area contributed by atoms with E-state index in [1.54, 1.807) is 0 Å². The van der Waals surface area contributed by atoms with Crippen molar-refractivity contribution in [2.24, 2.45) is 5.92 Å². The average Bonchev–Trinajstić information content (AvgIpc) is 2.11. The smallest absolute Gasteiger partial charge is 0.469 e. The molecule has 0 aliphatic rings. The molecule has 0 saturated carbocycles. The molecular formula is C8H11NaO4. The van der Waals surface area contributed by atoms with Crippen molar-refractivity contribution in [3.63, 3.8) is 0 Å². The molecule has 0 N–H and O–H groups in total. The van der Waals surface area contributed by atoms with Gasteiger partial charge in [0.1, 0.15) is 5.92 Å². The van der Waals surface area contributed by atoms with E-state index in [2.05, 4.69) is 16.1 Å². The second-order valence-electron chi connectivity index (χ2n) is 1.95. The molecule has 13 heavy (non-hydrogen) atoms. The molecule has 0 amide bonds. The maximum absolute atomic E-state index is 10.9. The Bertz CT molecular complexity index is 175. The third-order valence-electron chi connectivity index (χ3n) is 1.24. The second-order valence-corrected chi connectivity index (χ2v) is 1.95. The van der Waals surface area contributed by atoms with Gasteiger partial charge in [-0.25, -0.2) is 19.1 Å². The summed E-state index contributed by atoms with van der Waals surface area (Å²) in [6.45, 7) is 3.36. The van der Waals surface area contributed by atoms with Gasteiger partial charge in [-0.1, -0.05) is 0 Å². The van der Waals surface area contributed by atoms with Crippen LogP contribution in [-0.4, -0.2) is 26.2 Å². The second kappa shape index (κ2) is 8.16. The van der Waals surface area contributed by atoms with Crippen molar-refractivity contribution >= 4 is 11.9 Å². The van der Waals surface area contributed by atoms with Gasteiger partial charge in [0.15, 0.2) is 0 Å². The normalized spacial score (nSPS) is 8.23. The summed E-state index contributed by atoms with van der Waals surface area (Å²) < 4.78 is 8.74. The number of hydrogen-bond donors (Lipinski definition) is 0. The van der Waals surface area contributed by atoms with Crippen molar-refractivity contribution < 1.29 is 48.6 Å². The summed E-state index contributed by atoms with van der Waals surface area (Å²) in [7, 11) is 2.41. The molecule has 0 aliphatic carbocycles. The van der Waals surface area contributed by atoms with Crippen molar-refractivity contribution in [3.05, 3.63) is 19.1 Å². The summed E-state index contributed by atoms with van der Waals surface area (Å²) in [5, 5.41) is 0. The van der Waals surface area contributed by atoms with Gasteiger partial charge in [0.2, 0.25) is 0 Å². The van der Waals surface area contributed by atoms with Crippen LogP contribution in [0.3, 0.4) is 0 Å². The third kappa shape index (κ3) is 4.98. The van der Waals surface area contributed by atoms with E-state index in [4.69, 9.17) is 0 Å². The summed E-state index contributed by atoms with van der Waals surface area (Å²) in [5.41, 5.74) is 0. The van der Waals surface area contributed by atoms with Crippen molar-refractivity contribution in [3.8, 4) is 0 Å². The minimum atomic E-state index is -1.00. The Morgan fingerprint density at radius 3 is 1.92 bits per heavy atom. The molecule has 0 aromatic carbocycles. The zero-order valence-corrected chi connectivity index (χ0v) is 10.1. The SMILES string of the molecule is C=C[CH-]C(C(=O)OC)C(=O)OC.[Na+]. The van der Waals surface area contributed by atoms with E-state index < -0.39 is 17.9 Å². The third-order valence-corrected chi connectivity index (χ3v) is 1.24. The molecule has 0 radical (unpaired) electrons. The Labute approximate surface area is 99.6 Å². The van der Waals surface area contributed by atoms with Crippen LogP contribution in [0.2, 0.25) is 0 Å². The van der Waals surface area contributed by atoms with Crippen molar-refractivity contribution in [1.82, 2.24) is 0 Å². The molecule has 0 atom stereocenters. The predicted molar refractivity (Wildman–Crippen MR) is 42.0 cm³/mol. The monoisotopic (exact) mass is 194 g/mol. The Balaban J connectivity index is 0. The Morgan fingerprint density at radius 1 is 1.31 bits per heavy atom. The van der Waals surface area contributed by atoms with E-state index in [1.807, 2.05) is 0 Å². The quantitative estimate of drug-likeness (QED) is 0.212. The first-order valence-electron chi connectivity index (χ1n) is 3.29. The van der Waals surface area contributed by atoms with Crippen LogP contribution >= 0.6 is 0 Å². The predicted octanol–water partition coefficient (Wildman–Crippen LogP) is -2.66. The topological polar surface area (TPSA) is 52.6 Å². The van der Waals surface area contributed by atoms with E-state index in [-0.39, 0.29) is 29.6 Å². The molecule has 0 fully saturated rings. The molecule has 68 valence electrons. The van der Waals surface area contributed by atoms with Gasteiger partial charge < -0.3 is 9.47 Å². The van der Waals surface area contributed by atoms with E-state index in [9.17, 15) is 9.59 Å². The van der Waals surface area contributed by atoms with Gasteiger partial charge in [-0.05, 0) is 0 Å². The van der Waals surface area contributed by atoms with Gasteiger partial charge in [0.05, 0.1) is 14.2 Å². The van der Waals surface area contributed by atoms with Gasteiger partial charge in [-0.3, -0.25) is 9.59 Å². The standard InChI is InChI=1S/C8H11O4.Na/c1-4-5-6(7(9)11-2)8(10)12-3;/h4-6H,1H2,2-3H3;/q-1;+1. The maximum atomic E-state index is 10.9. The fourth-order valence-corrected chi connectivity index (χ4v) is 0.643. The zero-order chi connectivity index (χ0) is 9.56. The number of ether oxygens (including phenoxy) is 2. The van der Waals surface area contributed by atoms with Crippen molar-refractivity contribution in [2.45, 2.75) is 0 Å². The Kier molecular flexibility index (Phi) is 9.44. The molecule has 0 bridgehead atoms. The fourth-order valence-electron chi connectivity index (χ4n) is 0.643. The van der Waals surface area contributed by atoms with Crippen LogP contribution < -0.4 is 29.6 Å². The van der Waals surface area contributed by atoms with Crippen LogP contribution in [0.15, 0.2) is 12.7 Å². The van der Waals surface area contributed by atoms with Gasteiger partial charge in [0, 0.05) is 0 Å². The number of methoxy groups -OCH3 is 2. The maximum Gasteiger partial charge on any atom is 1.00 e. The number of allylic oxidation sites excluding steroid dienone is 1. The Hall–Kier alpha value is -0.450. The van der Waals surface area contributed by atoms with Crippen LogP contribution in [0.5, 0.6) is 0 Å². The first-order chi connectivity index (χ1) is 5.67. The molecule has 0 aliphatic heterocycles. The van der Waals surface area contributed by atoms with E-state index in [1.165, 1.54) is 26.7 Å². The van der Waals surface area contributed by atoms with Crippen LogP contribution in [0, 0.1) is 12.3 Å². The number of rotatable bonds is 4. The van der Waals surface area contributed by atoms with Crippen molar-refractivity contribution in [1.29, 1.82) is 0 Å². The molecule has 0 unspecified atom stereocenters. The molecule has 0 aromatic rings. The molecular weight excluding hydrogens is 183 g/mol. The molecule has 0 heterocycles. The summed E-state index contributed by atoms with van der Waals surface area (Å²) >= 11 is 0. The average molecular weight is 194 g/mol. The van der Waals surface area contributed by atoms with Gasteiger partial charge in [0.25, 0.3) is 0 Å². The van der Waals surface area contributed by atoms with E-state index in [0.29, 0.717) is 0 Å². The number of esters is 2. The van der Waals surface area contributed by atoms with E-state index >= 15 is 0 Å². The summed E-state index contributed by atoms with van der Waals surface area (Å²) in [6.07, 6.45) is 2.66. The first kappa shape index (κ1) is 15.0. The molecule has 0 rings (SSSR count). The molecule has 0 aromatic heterocycles. The fraction of sp³-hybridized carbons (Fsp3) is 0.375. The van der Waals surface area contributed by atoms with Gasteiger partial charge in [-0.15, -0.1) is 0 Å². The first-order valence-corrected chi connectivity index (χ1v) is 3.29. The number of hydrogen-bond acceptors (Lipinski definition) is 4. The van der Waals surface area contributed by atoms with Crippen molar-refractivity contribution in [2.75, 3.05) is 14.2 Å². The summed E-state index contributed by atoms with van der Waals surface area (Å²) in [6, 6.07) is 0.